The van der Waals surface area contributed by atoms with Crippen molar-refractivity contribution < 1.29 is 4.79 Å². The lowest BCUT2D eigenvalue weighted by atomic mass is 10.0. The standard InChI is InChI=1S/C25H31N5O/c1-18(2)10-11-26-24-22-16-21(8-9-23(22)27-17-28-24)19-4-6-20(7-5-19)25(31)30-14-12-29(3)13-15-30/h4-9,16-18H,10-15H2,1-3H3,(H,26,27,28). The van der Waals surface area contributed by atoms with E-state index in [2.05, 4.69) is 53.2 Å². The highest BCUT2D eigenvalue weighted by atomic mass is 16.2. The normalized spacial score (nSPS) is 14.9. The molecular formula is C25H31N5O. The minimum atomic E-state index is 0.114. The fraction of sp³-hybridized carbons (Fsp3) is 0.400. The van der Waals surface area contributed by atoms with E-state index >= 15 is 0 Å². The Balaban J connectivity index is 1.53. The molecule has 6 nitrogen and oxygen atoms in total. The third-order valence-corrected chi connectivity index (χ3v) is 5.91. The van der Waals surface area contributed by atoms with Crippen LogP contribution in [0.25, 0.3) is 22.0 Å². The van der Waals surface area contributed by atoms with E-state index in [-0.39, 0.29) is 5.91 Å². The van der Waals surface area contributed by atoms with Gasteiger partial charge in [-0.1, -0.05) is 32.0 Å². The number of amides is 1. The molecule has 0 atom stereocenters. The van der Waals surface area contributed by atoms with Crippen LogP contribution in [0.3, 0.4) is 0 Å². The van der Waals surface area contributed by atoms with Crippen LogP contribution in [0.5, 0.6) is 0 Å². The molecule has 2 heterocycles. The fourth-order valence-electron chi connectivity index (χ4n) is 3.85. The third-order valence-electron chi connectivity index (χ3n) is 5.91. The average Bonchev–Trinajstić information content (AvgIpc) is 2.79. The van der Waals surface area contributed by atoms with Crippen molar-refractivity contribution in [3.8, 4) is 11.1 Å². The lowest BCUT2D eigenvalue weighted by Crippen LogP contribution is -2.47. The summed E-state index contributed by atoms with van der Waals surface area (Å²) in [6.45, 7) is 8.75. The van der Waals surface area contributed by atoms with Gasteiger partial charge in [-0.25, -0.2) is 9.97 Å². The molecule has 6 heteroatoms. The zero-order valence-electron chi connectivity index (χ0n) is 18.6. The number of piperazine rings is 1. The van der Waals surface area contributed by atoms with Crippen molar-refractivity contribution in [2.75, 3.05) is 45.1 Å². The minimum absolute atomic E-state index is 0.114. The number of hydrogen-bond donors (Lipinski definition) is 1. The zero-order valence-corrected chi connectivity index (χ0v) is 18.6. The van der Waals surface area contributed by atoms with Crippen LogP contribution < -0.4 is 5.32 Å². The van der Waals surface area contributed by atoms with Crippen molar-refractivity contribution in [2.24, 2.45) is 5.92 Å². The number of nitrogens with zero attached hydrogens (tertiary/aromatic N) is 4. The molecule has 31 heavy (non-hydrogen) atoms. The number of rotatable bonds is 6. The maximum Gasteiger partial charge on any atom is 0.253 e. The van der Waals surface area contributed by atoms with Crippen molar-refractivity contribution in [3.05, 3.63) is 54.4 Å². The second-order valence-electron chi connectivity index (χ2n) is 8.74. The van der Waals surface area contributed by atoms with Crippen LogP contribution in [0.2, 0.25) is 0 Å². The van der Waals surface area contributed by atoms with Gasteiger partial charge in [0.1, 0.15) is 12.1 Å². The summed E-state index contributed by atoms with van der Waals surface area (Å²) >= 11 is 0. The van der Waals surface area contributed by atoms with E-state index in [1.807, 2.05) is 35.2 Å². The highest BCUT2D eigenvalue weighted by Gasteiger charge is 2.20. The molecular weight excluding hydrogens is 386 g/mol. The topological polar surface area (TPSA) is 61.4 Å². The van der Waals surface area contributed by atoms with E-state index in [0.717, 1.165) is 72.6 Å². The zero-order chi connectivity index (χ0) is 21.8. The lowest BCUT2D eigenvalue weighted by molar-refractivity contribution is 0.0664. The van der Waals surface area contributed by atoms with Crippen LogP contribution in [-0.4, -0.2) is 65.4 Å². The Morgan fingerprint density at radius 3 is 2.42 bits per heavy atom. The van der Waals surface area contributed by atoms with Gasteiger partial charge in [0.25, 0.3) is 5.91 Å². The Bertz CT molecular complexity index is 1040. The summed E-state index contributed by atoms with van der Waals surface area (Å²) in [7, 11) is 2.09. The Labute approximate surface area is 184 Å². The first kappa shape index (κ1) is 21.2. The number of aromatic nitrogens is 2. The summed E-state index contributed by atoms with van der Waals surface area (Å²) in [6, 6.07) is 14.2. The quantitative estimate of drug-likeness (QED) is 0.653. The number of likely N-dealkylation sites (N-methyl/N-ethyl adjacent to an activating group) is 1. The molecule has 162 valence electrons. The number of hydrogen-bond acceptors (Lipinski definition) is 5. The summed E-state index contributed by atoms with van der Waals surface area (Å²) in [6.07, 6.45) is 2.70. The maximum atomic E-state index is 12.8. The average molecular weight is 418 g/mol. The molecule has 0 bridgehead atoms. The minimum Gasteiger partial charge on any atom is -0.369 e. The Morgan fingerprint density at radius 2 is 1.71 bits per heavy atom. The smallest absolute Gasteiger partial charge is 0.253 e. The van der Waals surface area contributed by atoms with E-state index in [1.165, 1.54) is 0 Å². The highest BCUT2D eigenvalue weighted by Crippen LogP contribution is 2.27. The molecule has 1 aliphatic rings. The predicted molar refractivity (Wildman–Crippen MR) is 126 cm³/mol. The third kappa shape index (κ3) is 5.02. The summed E-state index contributed by atoms with van der Waals surface area (Å²) < 4.78 is 0. The molecule has 2 aromatic carbocycles. The summed E-state index contributed by atoms with van der Waals surface area (Å²) in [5.41, 5.74) is 3.84. The molecule has 1 aliphatic heterocycles. The molecule has 3 aromatic rings. The maximum absolute atomic E-state index is 12.8. The predicted octanol–water partition coefficient (Wildman–Crippen LogP) is 4.14. The Morgan fingerprint density at radius 1 is 1.00 bits per heavy atom. The number of carbonyl (C=O) groups is 1. The van der Waals surface area contributed by atoms with E-state index in [4.69, 9.17) is 0 Å². The van der Waals surface area contributed by atoms with E-state index < -0.39 is 0 Å². The van der Waals surface area contributed by atoms with E-state index in [0.29, 0.717) is 5.92 Å². The Hall–Kier alpha value is -2.99. The van der Waals surface area contributed by atoms with Gasteiger partial charge < -0.3 is 15.1 Å². The van der Waals surface area contributed by atoms with Crippen molar-refractivity contribution in [3.63, 3.8) is 0 Å². The monoisotopic (exact) mass is 417 g/mol. The number of fused-ring (bicyclic) bond motifs is 1. The van der Waals surface area contributed by atoms with Crippen LogP contribution in [0.1, 0.15) is 30.6 Å². The molecule has 0 radical (unpaired) electrons. The fourth-order valence-corrected chi connectivity index (χ4v) is 3.85. The SMILES string of the molecule is CC(C)CCNc1ncnc2ccc(-c3ccc(C(=O)N4CCN(C)CC4)cc3)cc12. The second-order valence-corrected chi connectivity index (χ2v) is 8.74. The molecule has 0 unspecified atom stereocenters. The van der Waals surface area contributed by atoms with E-state index in [1.54, 1.807) is 6.33 Å². The molecule has 1 fully saturated rings. The number of anilines is 1. The van der Waals surface area contributed by atoms with Crippen molar-refractivity contribution in [2.45, 2.75) is 20.3 Å². The van der Waals surface area contributed by atoms with E-state index in [9.17, 15) is 4.79 Å². The number of nitrogens with one attached hydrogen (secondary N) is 1. The molecule has 1 saturated heterocycles. The molecule has 0 saturated carbocycles. The van der Waals surface area contributed by atoms with Gasteiger partial charge in [0.05, 0.1) is 5.52 Å². The number of benzene rings is 2. The first-order valence-corrected chi connectivity index (χ1v) is 11.1. The van der Waals surface area contributed by atoms with Gasteiger partial charge in [0.2, 0.25) is 0 Å². The highest BCUT2D eigenvalue weighted by molar-refractivity contribution is 5.95. The van der Waals surface area contributed by atoms with Crippen molar-refractivity contribution in [1.82, 2.24) is 19.8 Å². The van der Waals surface area contributed by atoms with Crippen LogP contribution >= 0.6 is 0 Å². The first-order chi connectivity index (χ1) is 15.0. The van der Waals surface area contributed by atoms with Gasteiger partial charge in [-0.05, 0) is 54.8 Å². The first-order valence-electron chi connectivity index (χ1n) is 11.1. The van der Waals surface area contributed by atoms with Gasteiger partial charge in [-0.15, -0.1) is 0 Å². The molecule has 0 spiro atoms. The largest absolute Gasteiger partial charge is 0.369 e. The van der Waals surface area contributed by atoms with Crippen LogP contribution in [0.4, 0.5) is 5.82 Å². The van der Waals surface area contributed by atoms with Crippen molar-refractivity contribution >= 4 is 22.6 Å². The lowest BCUT2D eigenvalue weighted by Gasteiger charge is -2.32. The van der Waals surface area contributed by atoms with Gasteiger partial charge >= 0.3 is 0 Å². The van der Waals surface area contributed by atoms with Gasteiger partial charge in [0.15, 0.2) is 0 Å². The summed E-state index contributed by atoms with van der Waals surface area (Å²) in [5, 5.41) is 4.47. The summed E-state index contributed by atoms with van der Waals surface area (Å²) in [4.78, 5) is 25.9. The van der Waals surface area contributed by atoms with Gasteiger partial charge in [-0.2, -0.15) is 0 Å². The van der Waals surface area contributed by atoms with Crippen LogP contribution in [-0.2, 0) is 0 Å². The number of carbonyl (C=O) groups excluding carboxylic acids is 1. The Kier molecular flexibility index (Phi) is 6.47. The molecule has 4 rings (SSSR count). The second kappa shape index (κ2) is 9.43. The van der Waals surface area contributed by atoms with Crippen LogP contribution in [0.15, 0.2) is 48.8 Å². The molecule has 0 aliphatic carbocycles. The van der Waals surface area contributed by atoms with Crippen molar-refractivity contribution in [1.29, 1.82) is 0 Å². The van der Waals surface area contributed by atoms with Crippen LogP contribution in [0, 0.1) is 5.92 Å². The molecule has 1 N–H and O–H groups in total. The summed E-state index contributed by atoms with van der Waals surface area (Å²) in [5.74, 6) is 1.63. The van der Waals surface area contributed by atoms with Gasteiger partial charge in [-0.3, -0.25) is 4.79 Å². The molecule has 1 aromatic heterocycles. The van der Waals surface area contributed by atoms with Gasteiger partial charge in [0, 0.05) is 43.7 Å². The molecule has 1 amide bonds.